The fraction of sp³-hybridized carbons (Fsp3) is 0.231. The molecule has 0 aliphatic heterocycles. The number of carbonyl (C=O) groups excluding carboxylic acids is 1. The number of halogens is 1. The van der Waals surface area contributed by atoms with Crippen molar-refractivity contribution >= 4 is 21.8 Å². The van der Waals surface area contributed by atoms with E-state index in [2.05, 4.69) is 26.3 Å². The van der Waals surface area contributed by atoms with Crippen molar-refractivity contribution in [3.05, 3.63) is 46.2 Å². The lowest BCUT2D eigenvalue weighted by Crippen LogP contribution is -2.25. The van der Waals surface area contributed by atoms with Gasteiger partial charge in [0.25, 0.3) is 5.91 Å². The van der Waals surface area contributed by atoms with Crippen molar-refractivity contribution in [3.63, 3.8) is 0 Å². The van der Waals surface area contributed by atoms with E-state index in [-0.39, 0.29) is 5.91 Å². The van der Waals surface area contributed by atoms with Crippen molar-refractivity contribution in [2.45, 2.75) is 6.54 Å². The van der Waals surface area contributed by atoms with Crippen LogP contribution in [-0.4, -0.2) is 22.8 Å². The second kappa shape index (κ2) is 5.88. The molecule has 0 saturated heterocycles. The molecule has 0 unspecified atom stereocenters. The van der Waals surface area contributed by atoms with E-state index in [1.807, 2.05) is 24.3 Å². The summed E-state index contributed by atoms with van der Waals surface area (Å²) in [6.45, 7) is 0.403. The minimum atomic E-state index is -0.183. The van der Waals surface area contributed by atoms with Crippen LogP contribution >= 0.6 is 15.9 Å². The number of hydrogen-bond donors (Lipinski definition) is 1. The van der Waals surface area contributed by atoms with Gasteiger partial charge >= 0.3 is 0 Å². The van der Waals surface area contributed by atoms with Crippen molar-refractivity contribution in [1.29, 1.82) is 0 Å². The van der Waals surface area contributed by atoms with E-state index in [1.54, 1.807) is 20.4 Å². The van der Waals surface area contributed by atoms with Crippen LogP contribution < -0.4 is 10.1 Å². The number of ether oxygens (including phenoxy) is 1. The van der Waals surface area contributed by atoms with Gasteiger partial charge in [-0.15, -0.1) is 0 Å². The number of hydrogen-bond acceptors (Lipinski definition) is 3. The number of aryl methyl sites for hydroxylation is 1. The molecule has 1 N–H and O–H groups in total. The first-order valence-corrected chi connectivity index (χ1v) is 6.50. The number of para-hydroxylation sites is 1. The monoisotopic (exact) mass is 323 g/mol. The van der Waals surface area contributed by atoms with Crippen molar-refractivity contribution in [2.75, 3.05) is 7.11 Å². The molecule has 0 atom stereocenters. The normalized spacial score (nSPS) is 10.3. The summed E-state index contributed by atoms with van der Waals surface area (Å²) < 4.78 is 7.44. The lowest BCUT2D eigenvalue weighted by Gasteiger charge is -2.09. The van der Waals surface area contributed by atoms with E-state index in [9.17, 15) is 4.79 Å². The highest BCUT2D eigenvalue weighted by atomic mass is 79.9. The molecule has 1 heterocycles. The van der Waals surface area contributed by atoms with Crippen LogP contribution in [0, 0.1) is 0 Å². The first-order valence-electron chi connectivity index (χ1n) is 5.71. The van der Waals surface area contributed by atoms with Crippen molar-refractivity contribution in [3.8, 4) is 5.75 Å². The van der Waals surface area contributed by atoms with E-state index < -0.39 is 0 Å². The predicted molar refractivity (Wildman–Crippen MR) is 75.1 cm³/mol. The number of rotatable bonds is 4. The Morgan fingerprint density at radius 2 is 2.21 bits per heavy atom. The zero-order chi connectivity index (χ0) is 13.8. The molecular formula is C13H14BrN3O2. The topological polar surface area (TPSA) is 56.1 Å². The fourth-order valence-corrected chi connectivity index (χ4v) is 2.30. The summed E-state index contributed by atoms with van der Waals surface area (Å²) in [5.41, 5.74) is 1.42. The SMILES string of the molecule is COc1ccccc1CNC(=O)c1c(Br)cnn1C. The number of methoxy groups -OCH3 is 1. The minimum Gasteiger partial charge on any atom is -0.496 e. The molecule has 0 aliphatic rings. The highest BCUT2D eigenvalue weighted by Crippen LogP contribution is 2.18. The van der Waals surface area contributed by atoms with Crippen molar-refractivity contribution < 1.29 is 9.53 Å². The van der Waals surface area contributed by atoms with Crippen LogP contribution in [0.5, 0.6) is 5.75 Å². The Balaban J connectivity index is 2.09. The molecule has 19 heavy (non-hydrogen) atoms. The summed E-state index contributed by atoms with van der Waals surface area (Å²) in [5.74, 6) is 0.574. The van der Waals surface area contributed by atoms with Crippen LogP contribution in [0.4, 0.5) is 0 Å². The number of nitrogens with one attached hydrogen (secondary N) is 1. The Bertz CT molecular complexity index is 576. The van der Waals surface area contributed by atoms with Gasteiger partial charge in [0.05, 0.1) is 17.8 Å². The molecule has 0 bridgehead atoms. The average Bonchev–Trinajstić information content (AvgIpc) is 2.76. The van der Waals surface area contributed by atoms with Gasteiger partial charge in [-0.2, -0.15) is 5.10 Å². The summed E-state index contributed by atoms with van der Waals surface area (Å²) in [7, 11) is 3.33. The molecule has 0 fully saturated rings. The van der Waals surface area contributed by atoms with Gasteiger partial charge in [-0.25, -0.2) is 0 Å². The lowest BCUT2D eigenvalue weighted by molar-refractivity contribution is 0.0940. The number of aromatic nitrogens is 2. The number of benzene rings is 1. The highest BCUT2D eigenvalue weighted by Gasteiger charge is 2.15. The van der Waals surface area contributed by atoms with Crippen LogP contribution in [0.3, 0.4) is 0 Å². The molecule has 1 amide bonds. The first-order chi connectivity index (χ1) is 9.13. The van der Waals surface area contributed by atoms with Gasteiger partial charge in [0.15, 0.2) is 0 Å². The molecule has 5 nitrogen and oxygen atoms in total. The number of nitrogens with zero attached hydrogens (tertiary/aromatic N) is 2. The quantitative estimate of drug-likeness (QED) is 0.937. The zero-order valence-electron chi connectivity index (χ0n) is 10.7. The smallest absolute Gasteiger partial charge is 0.270 e. The summed E-state index contributed by atoms with van der Waals surface area (Å²) in [5, 5.41) is 6.86. The molecule has 2 aromatic rings. The molecular weight excluding hydrogens is 310 g/mol. The number of amides is 1. The maximum absolute atomic E-state index is 12.1. The van der Waals surface area contributed by atoms with E-state index in [1.165, 1.54) is 4.68 Å². The van der Waals surface area contributed by atoms with Gasteiger partial charge in [-0.1, -0.05) is 18.2 Å². The first kappa shape index (κ1) is 13.6. The largest absolute Gasteiger partial charge is 0.496 e. The van der Waals surface area contributed by atoms with Gasteiger partial charge in [0, 0.05) is 19.2 Å². The van der Waals surface area contributed by atoms with Crippen LogP contribution in [0.25, 0.3) is 0 Å². The van der Waals surface area contributed by atoms with Gasteiger partial charge < -0.3 is 10.1 Å². The van der Waals surface area contributed by atoms with Crippen molar-refractivity contribution in [1.82, 2.24) is 15.1 Å². The molecule has 0 spiro atoms. The van der Waals surface area contributed by atoms with Gasteiger partial charge in [-0.3, -0.25) is 9.48 Å². The number of carbonyl (C=O) groups is 1. The Morgan fingerprint density at radius 1 is 1.47 bits per heavy atom. The molecule has 0 aliphatic carbocycles. The average molecular weight is 324 g/mol. The maximum atomic E-state index is 12.1. The highest BCUT2D eigenvalue weighted by molar-refractivity contribution is 9.10. The van der Waals surface area contributed by atoms with Gasteiger partial charge in [-0.05, 0) is 22.0 Å². The van der Waals surface area contributed by atoms with Crippen LogP contribution in [0.15, 0.2) is 34.9 Å². The predicted octanol–water partition coefficient (Wildman–Crippen LogP) is 2.12. The molecule has 1 aromatic heterocycles. The Labute approximate surface area is 119 Å². The Morgan fingerprint density at radius 3 is 2.84 bits per heavy atom. The third-order valence-electron chi connectivity index (χ3n) is 2.74. The third-order valence-corrected chi connectivity index (χ3v) is 3.32. The lowest BCUT2D eigenvalue weighted by atomic mass is 10.2. The summed E-state index contributed by atoms with van der Waals surface area (Å²) in [6, 6.07) is 7.57. The Hall–Kier alpha value is -1.82. The molecule has 2 rings (SSSR count). The van der Waals surface area contributed by atoms with Crippen LogP contribution in [0.1, 0.15) is 16.1 Å². The molecule has 6 heteroatoms. The van der Waals surface area contributed by atoms with E-state index in [0.717, 1.165) is 11.3 Å². The molecule has 0 radical (unpaired) electrons. The summed E-state index contributed by atoms with van der Waals surface area (Å²) >= 11 is 3.30. The zero-order valence-corrected chi connectivity index (χ0v) is 12.3. The van der Waals surface area contributed by atoms with E-state index in [0.29, 0.717) is 16.7 Å². The van der Waals surface area contributed by atoms with E-state index in [4.69, 9.17) is 4.74 Å². The van der Waals surface area contributed by atoms with Crippen molar-refractivity contribution in [2.24, 2.45) is 7.05 Å². The molecule has 0 saturated carbocycles. The molecule has 100 valence electrons. The van der Waals surface area contributed by atoms with Gasteiger partial charge in [0.1, 0.15) is 11.4 Å². The summed E-state index contributed by atoms with van der Waals surface area (Å²) in [4.78, 5) is 12.1. The minimum absolute atomic E-state index is 0.183. The second-order valence-corrected chi connectivity index (χ2v) is 4.81. The standard InChI is InChI=1S/C13H14BrN3O2/c1-17-12(10(14)8-16-17)13(18)15-7-9-5-3-4-6-11(9)19-2/h3-6,8H,7H2,1-2H3,(H,15,18). The van der Waals surface area contributed by atoms with Crippen LogP contribution in [-0.2, 0) is 13.6 Å². The third kappa shape index (κ3) is 2.96. The molecule has 1 aromatic carbocycles. The Kier molecular flexibility index (Phi) is 4.21. The fourth-order valence-electron chi connectivity index (χ4n) is 1.77. The van der Waals surface area contributed by atoms with E-state index >= 15 is 0 Å². The summed E-state index contributed by atoms with van der Waals surface area (Å²) in [6.07, 6.45) is 1.60. The maximum Gasteiger partial charge on any atom is 0.270 e. The van der Waals surface area contributed by atoms with Crippen LogP contribution in [0.2, 0.25) is 0 Å². The van der Waals surface area contributed by atoms with Gasteiger partial charge in [0.2, 0.25) is 0 Å². The second-order valence-electron chi connectivity index (χ2n) is 3.96.